The lowest BCUT2D eigenvalue weighted by Gasteiger charge is -2.35. The average molecular weight is 429 g/mol. The molecule has 1 aliphatic heterocycles. The molecule has 0 aliphatic carbocycles. The Hall–Kier alpha value is -3.34. The fraction of sp³-hybridized carbons (Fsp3) is 0.360. The number of nitrogens with zero attached hydrogens (tertiary/aromatic N) is 5. The number of nitrogens with one attached hydrogen (secondary N) is 1. The zero-order valence-electron chi connectivity index (χ0n) is 18.4. The molecule has 1 atom stereocenters. The van der Waals surface area contributed by atoms with Gasteiger partial charge in [-0.15, -0.1) is 0 Å². The topological polar surface area (TPSA) is 87.0 Å². The van der Waals surface area contributed by atoms with Crippen LogP contribution in [0.5, 0.6) is 0 Å². The highest BCUT2D eigenvalue weighted by atomic mass is 16.5. The SMILES string of the molecule is Cc1nc(Nc2ccc(C#N)nc2)cc([C@H]2CCCCN2CCOCc2ccccc2)n1. The van der Waals surface area contributed by atoms with Gasteiger partial charge in [0, 0.05) is 12.6 Å². The Morgan fingerprint density at radius 1 is 1.16 bits per heavy atom. The first-order valence-electron chi connectivity index (χ1n) is 11.1. The highest BCUT2D eigenvalue weighted by Gasteiger charge is 2.25. The second kappa shape index (κ2) is 10.8. The van der Waals surface area contributed by atoms with Crippen molar-refractivity contribution < 1.29 is 4.74 Å². The van der Waals surface area contributed by atoms with Gasteiger partial charge in [-0.25, -0.2) is 15.0 Å². The number of nitriles is 1. The molecule has 1 saturated heterocycles. The van der Waals surface area contributed by atoms with Crippen molar-refractivity contribution in [1.29, 1.82) is 5.26 Å². The highest BCUT2D eigenvalue weighted by Crippen LogP contribution is 2.31. The first-order chi connectivity index (χ1) is 15.7. The van der Waals surface area contributed by atoms with Gasteiger partial charge in [-0.1, -0.05) is 36.8 Å². The van der Waals surface area contributed by atoms with E-state index in [1.54, 1.807) is 12.3 Å². The summed E-state index contributed by atoms with van der Waals surface area (Å²) in [5, 5.41) is 12.2. The van der Waals surface area contributed by atoms with Gasteiger partial charge in [0.15, 0.2) is 0 Å². The summed E-state index contributed by atoms with van der Waals surface area (Å²) in [4.78, 5) is 15.9. The van der Waals surface area contributed by atoms with Crippen LogP contribution in [-0.2, 0) is 11.3 Å². The molecule has 32 heavy (non-hydrogen) atoms. The largest absolute Gasteiger partial charge is 0.375 e. The lowest BCUT2D eigenvalue weighted by atomic mass is 9.99. The van der Waals surface area contributed by atoms with E-state index in [9.17, 15) is 0 Å². The predicted octanol–water partition coefficient (Wildman–Crippen LogP) is 4.54. The zero-order chi connectivity index (χ0) is 22.2. The summed E-state index contributed by atoms with van der Waals surface area (Å²) in [6.07, 6.45) is 5.11. The van der Waals surface area contributed by atoms with Crippen molar-refractivity contribution in [2.75, 3.05) is 25.0 Å². The minimum absolute atomic E-state index is 0.255. The van der Waals surface area contributed by atoms with Crippen molar-refractivity contribution in [2.24, 2.45) is 0 Å². The molecule has 1 aromatic carbocycles. The van der Waals surface area contributed by atoms with Gasteiger partial charge in [0.25, 0.3) is 0 Å². The van der Waals surface area contributed by atoms with E-state index in [4.69, 9.17) is 15.0 Å². The Labute approximate surface area is 189 Å². The van der Waals surface area contributed by atoms with Crippen LogP contribution in [-0.4, -0.2) is 39.5 Å². The zero-order valence-corrected chi connectivity index (χ0v) is 18.4. The van der Waals surface area contributed by atoms with E-state index in [0.717, 1.165) is 42.5 Å². The Morgan fingerprint density at radius 3 is 2.81 bits per heavy atom. The normalized spacial score (nSPS) is 16.4. The summed E-state index contributed by atoms with van der Waals surface area (Å²) in [5.74, 6) is 1.47. The smallest absolute Gasteiger partial charge is 0.140 e. The molecule has 7 nitrogen and oxygen atoms in total. The van der Waals surface area contributed by atoms with Crippen molar-refractivity contribution in [2.45, 2.75) is 38.8 Å². The Kier molecular flexibility index (Phi) is 7.38. The number of ether oxygens (including phenoxy) is 1. The summed E-state index contributed by atoms with van der Waals surface area (Å²) in [5.41, 5.74) is 3.41. The standard InChI is InChI=1S/C25H28N6O/c1-19-28-23(15-25(29-19)30-22-11-10-21(16-26)27-17-22)24-9-5-6-12-31(24)13-14-32-18-20-7-3-2-4-8-20/h2-4,7-8,10-11,15,17,24H,5-6,9,12-14,18H2,1H3,(H,28,29,30)/t24-/m1/s1. The van der Waals surface area contributed by atoms with Gasteiger partial charge >= 0.3 is 0 Å². The number of hydrogen-bond acceptors (Lipinski definition) is 7. The van der Waals surface area contributed by atoms with E-state index in [2.05, 4.69) is 32.3 Å². The van der Waals surface area contributed by atoms with Crippen molar-refractivity contribution in [3.05, 3.63) is 77.5 Å². The number of pyridine rings is 1. The van der Waals surface area contributed by atoms with Gasteiger partial charge in [0.2, 0.25) is 0 Å². The van der Waals surface area contributed by atoms with Crippen LogP contribution in [0.2, 0.25) is 0 Å². The molecular weight excluding hydrogens is 400 g/mol. The first kappa shape index (κ1) is 21.9. The second-order valence-corrected chi connectivity index (χ2v) is 7.98. The van der Waals surface area contributed by atoms with Crippen molar-refractivity contribution in [3.63, 3.8) is 0 Å². The minimum atomic E-state index is 0.255. The van der Waals surface area contributed by atoms with E-state index >= 15 is 0 Å². The number of rotatable bonds is 8. The van der Waals surface area contributed by atoms with Crippen LogP contribution in [0.15, 0.2) is 54.7 Å². The molecule has 0 saturated carbocycles. The molecule has 7 heteroatoms. The van der Waals surface area contributed by atoms with E-state index < -0.39 is 0 Å². The number of piperidine rings is 1. The Balaban J connectivity index is 1.41. The quantitative estimate of drug-likeness (QED) is 0.527. The van der Waals surface area contributed by atoms with Crippen LogP contribution in [0.25, 0.3) is 0 Å². The van der Waals surface area contributed by atoms with E-state index in [0.29, 0.717) is 18.9 Å². The maximum atomic E-state index is 8.93. The number of aromatic nitrogens is 3. The molecular formula is C25H28N6O. The highest BCUT2D eigenvalue weighted by molar-refractivity contribution is 5.55. The molecule has 1 fully saturated rings. The third kappa shape index (κ3) is 5.88. The van der Waals surface area contributed by atoms with E-state index in [-0.39, 0.29) is 6.04 Å². The molecule has 2 aromatic heterocycles. The maximum absolute atomic E-state index is 8.93. The molecule has 0 radical (unpaired) electrons. The number of anilines is 2. The number of hydrogen-bond donors (Lipinski definition) is 1. The van der Waals surface area contributed by atoms with Crippen molar-refractivity contribution >= 4 is 11.5 Å². The lowest BCUT2D eigenvalue weighted by Crippen LogP contribution is -2.36. The van der Waals surface area contributed by atoms with Crippen molar-refractivity contribution in [1.82, 2.24) is 19.9 Å². The molecule has 3 heterocycles. The second-order valence-electron chi connectivity index (χ2n) is 7.98. The fourth-order valence-corrected chi connectivity index (χ4v) is 4.05. The number of aryl methyl sites for hydroxylation is 1. The van der Waals surface area contributed by atoms with Crippen LogP contribution >= 0.6 is 0 Å². The van der Waals surface area contributed by atoms with E-state index in [1.165, 1.54) is 18.4 Å². The third-order valence-electron chi connectivity index (χ3n) is 5.60. The molecule has 164 valence electrons. The molecule has 0 bridgehead atoms. The summed E-state index contributed by atoms with van der Waals surface area (Å²) in [6, 6.07) is 18.1. The summed E-state index contributed by atoms with van der Waals surface area (Å²) >= 11 is 0. The van der Waals surface area contributed by atoms with E-state index in [1.807, 2.05) is 43.3 Å². The molecule has 1 aliphatic rings. The number of likely N-dealkylation sites (tertiary alicyclic amines) is 1. The summed E-state index contributed by atoms with van der Waals surface area (Å²) in [6.45, 7) is 5.17. The number of benzene rings is 1. The van der Waals surface area contributed by atoms with Crippen LogP contribution < -0.4 is 5.32 Å². The third-order valence-corrected chi connectivity index (χ3v) is 5.60. The van der Waals surface area contributed by atoms with Gasteiger partial charge in [-0.05, 0) is 44.0 Å². The van der Waals surface area contributed by atoms with Gasteiger partial charge < -0.3 is 10.1 Å². The Bertz CT molecular complexity index is 1050. The minimum Gasteiger partial charge on any atom is -0.375 e. The molecule has 0 spiro atoms. The Morgan fingerprint density at radius 2 is 2.03 bits per heavy atom. The van der Waals surface area contributed by atoms with Crippen LogP contribution in [0.1, 0.15) is 48.1 Å². The van der Waals surface area contributed by atoms with Crippen LogP contribution in [0.3, 0.4) is 0 Å². The fourth-order valence-electron chi connectivity index (χ4n) is 4.05. The summed E-state index contributed by atoms with van der Waals surface area (Å²) in [7, 11) is 0. The monoisotopic (exact) mass is 428 g/mol. The first-order valence-corrected chi connectivity index (χ1v) is 11.1. The van der Waals surface area contributed by atoms with Gasteiger partial charge in [0.05, 0.1) is 36.8 Å². The van der Waals surface area contributed by atoms with Crippen LogP contribution in [0, 0.1) is 18.3 Å². The molecule has 1 N–H and O–H groups in total. The predicted molar refractivity (Wildman–Crippen MR) is 123 cm³/mol. The van der Waals surface area contributed by atoms with Gasteiger partial charge in [0.1, 0.15) is 23.4 Å². The van der Waals surface area contributed by atoms with Crippen molar-refractivity contribution in [3.8, 4) is 6.07 Å². The molecule has 0 unspecified atom stereocenters. The maximum Gasteiger partial charge on any atom is 0.140 e. The van der Waals surface area contributed by atoms with Gasteiger partial charge in [-0.2, -0.15) is 5.26 Å². The summed E-state index contributed by atoms with van der Waals surface area (Å²) < 4.78 is 5.94. The average Bonchev–Trinajstić information content (AvgIpc) is 2.83. The van der Waals surface area contributed by atoms with Crippen LogP contribution in [0.4, 0.5) is 11.5 Å². The van der Waals surface area contributed by atoms with Gasteiger partial charge in [-0.3, -0.25) is 4.90 Å². The molecule has 0 amide bonds. The molecule has 3 aromatic rings. The lowest BCUT2D eigenvalue weighted by molar-refractivity contribution is 0.0627. The molecule has 4 rings (SSSR count).